The Morgan fingerprint density at radius 1 is 1.18 bits per heavy atom. The summed E-state index contributed by atoms with van der Waals surface area (Å²) in [6, 6.07) is 6.82. The molecule has 12 heteroatoms. The van der Waals surface area contributed by atoms with Crippen molar-refractivity contribution in [2.24, 2.45) is 5.92 Å². The molecule has 0 unspecified atom stereocenters. The second kappa shape index (κ2) is 9.90. The van der Waals surface area contributed by atoms with Gasteiger partial charge in [-0.3, -0.25) is 14.6 Å². The lowest BCUT2D eigenvalue weighted by molar-refractivity contribution is -0.136. The molecule has 4 aromatic rings. The van der Waals surface area contributed by atoms with Crippen molar-refractivity contribution in [2.45, 2.75) is 38.6 Å². The van der Waals surface area contributed by atoms with E-state index in [0.29, 0.717) is 70.8 Å². The molecule has 1 saturated heterocycles. The molecule has 2 aliphatic rings. The van der Waals surface area contributed by atoms with Crippen LogP contribution in [0.15, 0.2) is 41.3 Å². The molecule has 2 fully saturated rings. The molecule has 1 aromatic carbocycles. The van der Waals surface area contributed by atoms with Crippen LogP contribution in [0.4, 0.5) is 10.3 Å². The normalized spacial score (nSPS) is 19.6. The minimum Gasteiger partial charge on any atom is -0.351 e. The van der Waals surface area contributed by atoms with Gasteiger partial charge in [-0.15, -0.1) is 0 Å². The molecule has 4 heterocycles. The zero-order chi connectivity index (χ0) is 26.4. The summed E-state index contributed by atoms with van der Waals surface area (Å²) in [4.78, 5) is 41.9. The zero-order valence-electron chi connectivity index (χ0n) is 20.8. The first-order valence-corrected chi connectivity index (χ1v) is 13.5. The van der Waals surface area contributed by atoms with Gasteiger partial charge in [-0.05, 0) is 47.3 Å². The summed E-state index contributed by atoms with van der Waals surface area (Å²) in [5, 5.41) is 9.26. The first-order chi connectivity index (χ1) is 18.4. The summed E-state index contributed by atoms with van der Waals surface area (Å²) in [6.45, 7) is 3.40. The van der Waals surface area contributed by atoms with Gasteiger partial charge in [0, 0.05) is 55.3 Å². The van der Waals surface area contributed by atoms with Gasteiger partial charge < -0.3 is 15.1 Å². The minimum absolute atomic E-state index is 0.0429. The van der Waals surface area contributed by atoms with Crippen molar-refractivity contribution in [1.82, 2.24) is 34.5 Å². The van der Waals surface area contributed by atoms with Crippen LogP contribution < -0.4 is 5.32 Å². The zero-order valence-corrected chi connectivity index (χ0v) is 22.4. The Hall–Kier alpha value is -3.67. The van der Waals surface area contributed by atoms with Crippen LogP contribution in [0.1, 0.15) is 32.6 Å². The number of carbonyl (C=O) groups is 2. The van der Waals surface area contributed by atoms with Crippen LogP contribution in [-0.4, -0.2) is 72.1 Å². The number of carbonyl (C=O) groups excluding carboxylic acids is 2. The Kier molecular flexibility index (Phi) is 6.42. The van der Waals surface area contributed by atoms with Crippen LogP contribution in [0.2, 0.25) is 0 Å². The van der Waals surface area contributed by atoms with Crippen molar-refractivity contribution >= 4 is 55.6 Å². The standard InChI is InChI=1S/C26H26BrFN8O2/c1-2-21(37)34-8-9-35(14-34)25(38)16-5-6-17(10-16)31-26-30-13-19-23(27)33-36(24(19)32-26)18-11-15-4-3-7-29-22(15)20(28)12-18/h3-4,7,11-13,16-17H,2,5-6,8-10,14H2,1H3,(H,30,31,32)/t16-,17-/m1/s1. The molecule has 2 amide bonds. The molecule has 38 heavy (non-hydrogen) atoms. The number of nitrogens with one attached hydrogen (secondary N) is 1. The summed E-state index contributed by atoms with van der Waals surface area (Å²) in [5.41, 5.74) is 1.35. The van der Waals surface area contributed by atoms with Crippen LogP contribution in [-0.2, 0) is 9.59 Å². The lowest BCUT2D eigenvalue weighted by Gasteiger charge is -2.21. The third kappa shape index (κ3) is 4.46. The molecule has 3 aromatic heterocycles. The van der Waals surface area contributed by atoms with Crippen LogP contribution in [0.25, 0.3) is 27.6 Å². The molecule has 0 spiro atoms. The summed E-state index contributed by atoms with van der Waals surface area (Å²) >= 11 is 3.46. The number of anilines is 1. The van der Waals surface area contributed by atoms with Crippen LogP contribution in [0.3, 0.4) is 0 Å². The van der Waals surface area contributed by atoms with Crippen molar-refractivity contribution in [3.63, 3.8) is 0 Å². The number of rotatable bonds is 5. The SMILES string of the molecule is CCC(=O)N1CCN(C(=O)[C@@H]2CC[C@@H](Nc3ncc4c(Br)nn(-c5cc(F)c6ncccc6c5)c4n3)C2)C1. The van der Waals surface area contributed by atoms with E-state index in [-0.39, 0.29) is 23.8 Å². The van der Waals surface area contributed by atoms with Crippen molar-refractivity contribution in [3.05, 3.63) is 47.1 Å². The van der Waals surface area contributed by atoms with Crippen LogP contribution in [0.5, 0.6) is 0 Å². The molecular weight excluding hydrogens is 555 g/mol. The number of nitrogens with zero attached hydrogens (tertiary/aromatic N) is 7. The number of hydrogen-bond acceptors (Lipinski definition) is 7. The van der Waals surface area contributed by atoms with E-state index in [1.54, 1.807) is 39.0 Å². The van der Waals surface area contributed by atoms with Crippen LogP contribution >= 0.6 is 15.9 Å². The largest absolute Gasteiger partial charge is 0.351 e. The number of pyridine rings is 1. The quantitative estimate of drug-likeness (QED) is 0.381. The van der Waals surface area contributed by atoms with E-state index in [1.165, 1.54) is 6.07 Å². The van der Waals surface area contributed by atoms with E-state index in [2.05, 4.69) is 36.3 Å². The molecular formula is C26H26BrFN8O2. The lowest BCUT2D eigenvalue weighted by Crippen LogP contribution is -2.36. The average molecular weight is 581 g/mol. The van der Waals surface area contributed by atoms with Gasteiger partial charge in [0.2, 0.25) is 17.8 Å². The van der Waals surface area contributed by atoms with Crippen molar-refractivity contribution in [1.29, 1.82) is 0 Å². The van der Waals surface area contributed by atoms with Gasteiger partial charge in [0.05, 0.1) is 17.7 Å². The van der Waals surface area contributed by atoms with Gasteiger partial charge in [0.1, 0.15) is 10.1 Å². The highest BCUT2D eigenvalue weighted by Gasteiger charge is 2.36. The molecule has 1 saturated carbocycles. The van der Waals surface area contributed by atoms with E-state index in [0.717, 1.165) is 12.8 Å². The molecule has 0 bridgehead atoms. The molecule has 0 radical (unpaired) electrons. The molecule has 10 nitrogen and oxygen atoms in total. The highest BCUT2D eigenvalue weighted by Crippen LogP contribution is 2.31. The van der Waals surface area contributed by atoms with Crippen molar-refractivity contribution < 1.29 is 14.0 Å². The fourth-order valence-corrected chi connectivity index (χ4v) is 5.79. The molecule has 1 N–H and O–H groups in total. The van der Waals surface area contributed by atoms with Gasteiger partial charge in [0.25, 0.3) is 0 Å². The molecule has 1 aliphatic heterocycles. The maximum Gasteiger partial charge on any atom is 0.227 e. The van der Waals surface area contributed by atoms with E-state index >= 15 is 0 Å². The van der Waals surface area contributed by atoms with Gasteiger partial charge in [-0.25, -0.2) is 14.1 Å². The predicted molar refractivity (Wildman–Crippen MR) is 143 cm³/mol. The highest BCUT2D eigenvalue weighted by molar-refractivity contribution is 9.10. The minimum atomic E-state index is -0.438. The Bertz CT molecular complexity index is 1560. The summed E-state index contributed by atoms with van der Waals surface area (Å²) in [6.07, 6.45) is 5.94. The summed E-state index contributed by atoms with van der Waals surface area (Å²) in [5.74, 6) is 0.0710. The van der Waals surface area contributed by atoms with Gasteiger partial charge in [-0.2, -0.15) is 10.1 Å². The summed E-state index contributed by atoms with van der Waals surface area (Å²) < 4.78 is 16.9. The number of amides is 2. The fourth-order valence-electron chi connectivity index (χ4n) is 5.35. The first kappa shape index (κ1) is 24.7. The number of fused-ring (bicyclic) bond motifs is 2. The predicted octanol–water partition coefficient (Wildman–Crippen LogP) is 3.88. The summed E-state index contributed by atoms with van der Waals surface area (Å²) in [7, 11) is 0. The Morgan fingerprint density at radius 3 is 2.87 bits per heavy atom. The van der Waals surface area contributed by atoms with Gasteiger partial charge >= 0.3 is 0 Å². The lowest BCUT2D eigenvalue weighted by atomic mass is 10.1. The third-order valence-corrected chi connectivity index (χ3v) is 7.92. The van der Waals surface area contributed by atoms with Crippen molar-refractivity contribution in [3.8, 4) is 5.69 Å². The van der Waals surface area contributed by atoms with Crippen LogP contribution in [0, 0.1) is 11.7 Å². The van der Waals surface area contributed by atoms with E-state index in [1.807, 2.05) is 13.0 Å². The van der Waals surface area contributed by atoms with Gasteiger partial charge in [0.15, 0.2) is 11.5 Å². The second-order valence-electron chi connectivity index (χ2n) is 9.74. The fraction of sp³-hybridized carbons (Fsp3) is 0.385. The third-order valence-electron chi connectivity index (χ3n) is 7.33. The first-order valence-electron chi connectivity index (χ1n) is 12.7. The molecule has 1 aliphatic carbocycles. The number of aromatic nitrogens is 5. The van der Waals surface area contributed by atoms with E-state index in [4.69, 9.17) is 4.98 Å². The maximum atomic E-state index is 14.8. The molecule has 6 rings (SSSR count). The topological polar surface area (TPSA) is 109 Å². The van der Waals surface area contributed by atoms with E-state index < -0.39 is 5.82 Å². The number of halogens is 2. The molecule has 196 valence electrons. The Balaban J connectivity index is 1.19. The Morgan fingerprint density at radius 2 is 2.03 bits per heavy atom. The number of hydrogen-bond donors (Lipinski definition) is 1. The Labute approximate surface area is 226 Å². The van der Waals surface area contributed by atoms with Gasteiger partial charge in [-0.1, -0.05) is 13.0 Å². The molecule has 2 atom stereocenters. The van der Waals surface area contributed by atoms with E-state index in [9.17, 15) is 14.0 Å². The van der Waals surface area contributed by atoms with Crippen molar-refractivity contribution in [2.75, 3.05) is 25.1 Å². The average Bonchev–Trinajstić information content (AvgIpc) is 3.67. The second-order valence-corrected chi connectivity index (χ2v) is 10.5. The smallest absolute Gasteiger partial charge is 0.227 e. The highest BCUT2D eigenvalue weighted by atomic mass is 79.9. The number of benzene rings is 1. The maximum absolute atomic E-state index is 14.8. The monoisotopic (exact) mass is 580 g/mol.